The number of rotatable bonds is 3. The van der Waals surface area contributed by atoms with Crippen LogP contribution in [-0.2, 0) is 4.74 Å². The maximum atomic E-state index is 11.7. The van der Waals surface area contributed by atoms with Crippen LogP contribution in [0.5, 0.6) is 0 Å². The number of para-hydroxylation sites is 2. The molecular formula is C14H10N2O4. The molecule has 0 radical (unpaired) electrons. The molecule has 2 aromatic carbocycles. The van der Waals surface area contributed by atoms with E-state index in [1.165, 1.54) is 6.07 Å². The maximum Gasteiger partial charge on any atom is 0.340 e. The van der Waals surface area contributed by atoms with Gasteiger partial charge in [0.05, 0.1) is 10.5 Å². The summed E-state index contributed by atoms with van der Waals surface area (Å²) in [6.45, 7) is 0. The third-order valence-electron chi connectivity index (χ3n) is 3.08. The molecule has 6 heteroatoms. The number of anilines is 1. The number of ether oxygens (including phenoxy) is 1. The first-order valence-corrected chi connectivity index (χ1v) is 5.96. The lowest BCUT2D eigenvalue weighted by Gasteiger charge is -2.14. The molecule has 0 spiro atoms. The van der Waals surface area contributed by atoms with Crippen molar-refractivity contribution in [1.29, 1.82) is 0 Å². The quantitative estimate of drug-likeness (QED) is 0.527. The van der Waals surface area contributed by atoms with Crippen molar-refractivity contribution >= 4 is 17.3 Å². The van der Waals surface area contributed by atoms with Gasteiger partial charge in [-0.15, -0.1) is 0 Å². The number of cyclic esters (lactones) is 1. The Morgan fingerprint density at radius 3 is 2.60 bits per heavy atom. The van der Waals surface area contributed by atoms with Crippen LogP contribution in [0.25, 0.3) is 0 Å². The zero-order valence-electron chi connectivity index (χ0n) is 10.3. The normalized spacial score (nSPS) is 16.4. The summed E-state index contributed by atoms with van der Waals surface area (Å²) < 4.78 is 5.20. The van der Waals surface area contributed by atoms with E-state index in [4.69, 9.17) is 4.74 Å². The van der Waals surface area contributed by atoms with Gasteiger partial charge >= 0.3 is 5.97 Å². The first-order chi connectivity index (χ1) is 9.66. The molecule has 0 saturated heterocycles. The van der Waals surface area contributed by atoms with Crippen molar-refractivity contribution in [2.75, 3.05) is 5.32 Å². The SMILES string of the molecule is O=C1O[C@H](Nc2ccccc2[N+](=O)[O-])c2ccccc21. The number of esters is 1. The van der Waals surface area contributed by atoms with E-state index in [-0.39, 0.29) is 5.69 Å². The molecule has 6 nitrogen and oxygen atoms in total. The average molecular weight is 270 g/mol. The summed E-state index contributed by atoms with van der Waals surface area (Å²) in [5, 5.41) is 13.9. The van der Waals surface area contributed by atoms with Gasteiger partial charge in [0, 0.05) is 11.6 Å². The Hall–Kier alpha value is -2.89. The molecule has 20 heavy (non-hydrogen) atoms. The second-order valence-corrected chi connectivity index (χ2v) is 4.29. The topological polar surface area (TPSA) is 81.5 Å². The van der Waals surface area contributed by atoms with Gasteiger partial charge in [-0.2, -0.15) is 0 Å². The average Bonchev–Trinajstić information content (AvgIpc) is 2.76. The zero-order valence-corrected chi connectivity index (χ0v) is 10.3. The highest BCUT2D eigenvalue weighted by Crippen LogP contribution is 2.34. The fourth-order valence-electron chi connectivity index (χ4n) is 2.15. The van der Waals surface area contributed by atoms with E-state index in [1.807, 2.05) is 0 Å². The van der Waals surface area contributed by atoms with Gasteiger partial charge in [-0.3, -0.25) is 10.1 Å². The minimum absolute atomic E-state index is 0.0621. The van der Waals surface area contributed by atoms with Crippen molar-refractivity contribution in [1.82, 2.24) is 0 Å². The lowest BCUT2D eigenvalue weighted by molar-refractivity contribution is -0.384. The molecule has 3 rings (SSSR count). The van der Waals surface area contributed by atoms with E-state index < -0.39 is 17.1 Å². The summed E-state index contributed by atoms with van der Waals surface area (Å²) in [5.74, 6) is -0.434. The van der Waals surface area contributed by atoms with Gasteiger partial charge in [0.25, 0.3) is 5.69 Å². The predicted octanol–water partition coefficient (Wildman–Crippen LogP) is 2.88. The lowest BCUT2D eigenvalue weighted by atomic mass is 10.1. The Morgan fingerprint density at radius 1 is 1.10 bits per heavy atom. The van der Waals surface area contributed by atoms with Crippen LogP contribution >= 0.6 is 0 Å². The van der Waals surface area contributed by atoms with Crippen LogP contribution in [0, 0.1) is 10.1 Å². The number of nitrogens with one attached hydrogen (secondary N) is 1. The van der Waals surface area contributed by atoms with Crippen LogP contribution in [0.15, 0.2) is 48.5 Å². The van der Waals surface area contributed by atoms with Crippen LogP contribution in [0.2, 0.25) is 0 Å². The molecule has 0 aromatic heterocycles. The number of nitrogens with zero attached hydrogens (tertiary/aromatic N) is 1. The van der Waals surface area contributed by atoms with Crippen LogP contribution < -0.4 is 5.32 Å². The molecule has 0 amide bonds. The van der Waals surface area contributed by atoms with Crippen molar-refractivity contribution in [2.24, 2.45) is 0 Å². The third-order valence-corrected chi connectivity index (χ3v) is 3.08. The Kier molecular flexibility index (Phi) is 2.83. The number of carbonyl (C=O) groups excluding carboxylic acids is 1. The third kappa shape index (κ3) is 1.97. The highest BCUT2D eigenvalue weighted by Gasteiger charge is 2.31. The highest BCUT2D eigenvalue weighted by molar-refractivity contribution is 5.94. The Morgan fingerprint density at radius 2 is 1.80 bits per heavy atom. The molecule has 2 aromatic rings. The monoisotopic (exact) mass is 270 g/mol. The predicted molar refractivity (Wildman–Crippen MR) is 71.3 cm³/mol. The number of carbonyl (C=O) groups is 1. The standard InChI is InChI=1S/C14H10N2O4/c17-14-10-6-2-1-5-9(10)13(20-14)15-11-7-3-4-8-12(11)16(18)19/h1-8,13,15H/t13-/m0/s1. The van der Waals surface area contributed by atoms with Crippen molar-refractivity contribution in [2.45, 2.75) is 6.23 Å². The van der Waals surface area contributed by atoms with Crippen LogP contribution in [0.4, 0.5) is 11.4 Å². The van der Waals surface area contributed by atoms with E-state index in [0.29, 0.717) is 16.8 Å². The summed E-state index contributed by atoms with van der Waals surface area (Å²) >= 11 is 0. The molecule has 0 fully saturated rings. The smallest absolute Gasteiger partial charge is 0.340 e. The highest BCUT2D eigenvalue weighted by atomic mass is 16.6. The molecular weight excluding hydrogens is 260 g/mol. The molecule has 1 atom stereocenters. The number of nitro groups is 1. The fraction of sp³-hybridized carbons (Fsp3) is 0.0714. The molecule has 0 unspecified atom stereocenters. The number of hydrogen-bond donors (Lipinski definition) is 1. The van der Waals surface area contributed by atoms with Gasteiger partial charge in [0.1, 0.15) is 5.69 Å². The summed E-state index contributed by atoms with van der Waals surface area (Å²) in [6.07, 6.45) is -0.709. The van der Waals surface area contributed by atoms with Gasteiger partial charge in [0.15, 0.2) is 0 Å². The molecule has 1 aliphatic heterocycles. The summed E-state index contributed by atoms with van der Waals surface area (Å²) in [7, 11) is 0. The molecule has 100 valence electrons. The molecule has 0 aliphatic carbocycles. The zero-order chi connectivity index (χ0) is 14.1. The molecule has 0 bridgehead atoms. The van der Waals surface area contributed by atoms with Crippen molar-refractivity contribution < 1.29 is 14.5 Å². The number of fused-ring (bicyclic) bond motifs is 1. The lowest BCUT2D eigenvalue weighted by Crippen LogP contribution is -2.11. The fourth-order valence-corrected chi connectivity index (χ4v) is 2.15. The van der Waals surface area contributed by atoms with Crippen LogP contribution in [0.1, 0.15) is 22.1 Å². The number of benzene rings is 2. The minimum atomic E-state index is -0.709. The Balaban J connectivity index is 1.94. The molecule has 1 N–H and O–H groups in total. The van der Waals surface area contributed by atoms with E-state index in [0.717, 1.165) is 0 Å². The first kappa shape index (κ1) is 12.2. The van der Waals surface area contributed by atoms with Gasteiger partial charge in [-0.25, -0.2) is 4.79 Å². The van der Waals surface area contributed by atoms with Gasteiger partial charge in [-0.05, 0) is 12.1 Å². The van der Waals surface area contributed by atoms with Crippen molar-refractivity contribution in [3.63, 3.8) is 0 Å². The summed E-state index contributed by atoms with van der Waals surface area (Å²) in [5.41, 5.74) is 1.40. The number of nitro benzene ring substituents is 1. The first-order valence-electron chi connectivity index (χ1n) is 5.96. The van der Waals surface area contributed by atoms with Gasteiger partial charge in [0.2, 0.25) is 6.23 Å². The van der Waals surface area contributed by atoms with Gasteiger partial charge in [-0.1, -0.05) is 30.3 Å². The molecule has 1 heterocycles. The van der Waals surface area contributed by atoms with Crippen LogP contribution in [0.3, 0.4) is 0 Å². The maximum absolute atomic E-state index is 11.7. The molecule has 0 saturated carbocycles. The minimum Gasteiger partial charge on any atom is -0.434 e. The van der Waals surface area contributed by atoms with Crippen molar-refractivity contribution in [3.05, 3.63) is 69.8 Å². The van der Waals surface area contributed by atoms with Gasteiger partial charge < -0.3 is 10.1 Å². The van der Waals surface area contributed by atoms with E-state index in [2.05, 4.69) is 5.32 Å². The van der Waals surface area contributed by atoms with E-state index >= 15 is 0 Å². The van der Waals surface area contributed by atoms with Crippen molar-refractivity contribution in [3.8, 4) is 0 Å². The second kappa shape index (κ2) is 4.65. The van der Waals surface area contributed by atoms with E-state index in [9.17, 15) is 14.9 Å². The number of hydrogen-bond acceptors (Lipinski definition) is 5. The van der Waals surface area contributed by atoms with Crippen LogP contribution in [-0.4, -0.2) is 10.9 Å². The Bertz CT molecular complexity index is 699. The second-order valence-electron chi connectivity index (χ2n) is 4.29. The van der Waals surface area contributed by atoms with E-state index in [1.54, 1.807) is 42.5 Å². The largest absolute Gasteiger partial charge is 0.434 e. The Labute approximate surface area is 114 Å². The summed E-state index contributed by atoms with van der Waals surface area (Å²) in [4.78, 5) is 22.2. The summed E-state index contributed by atoms with van der Waals surface area (Å²) in [6, 6.07) is 13.2. The molecule has 1 aliphatic rings.